The van der Waals surface area contributed by atoms with E-state index in [0.717, 1.165) is 11.3 Å². The number of hydrogen-bond acceptors (Lipinski definition) is 9. The van der Waals surface area contributed by atoms with E-state index in [0.29, 0.717) is 59.0 Å². The highest BCUT2D eigenvalue weighted by molar-refractivity contribution is 8.00. The van der Waals surface area contributed by atoms with Gasteiger partial charge in [-0.15, -0.1) is 0 Å². The van der Waals surface area contributed by atoms with Crippen LogP contribution >= 0.6 is 23.1 Å². The summed E-state index contributed by atoms with van der Waals surface area (Å²) in [4.78, 5) is 58.9. The molecule has 0 saturated carbocycles. The van der Waals surface area contributed by atoms with Crippen molar-refractivity contribution in [2.24, 2.45) is 5.92 Å². The van der Waals surface area contributed by atoms with Crippen molar-refractivity contribution < 1.29 is 28.6 Å². The van der Waals surface area contributed by atoms with Gasteiger partial charge < -0.3 is 24.1 Å². The Balaban J connectivity index is 1.36. The van der Waals surface area contributed by atoms with Gasteiger partial charge in [-0.25, -0.2) is 4.90 Å². The highest BCUT2D eigenvalue weighted by Gasteiger charge is 2.56. The van der Waals surface area contributed by atoms with Crippen LogP contribution in [0.25, 0.3) is 0 Å². The summed E-state index contributed by atoms with van der Waals surface area (Å²) < 4.78 is 16.6. The first-order chi connectivity index (χ1) is 19.0. The average Bonchev–Trinajstić information content (AvgIpc) is 3.46. The van der Waals surface area contributed by atoms with Crippen LogP contribution in [0.2, 0.25) is 0 Å². The van der Waals surface area contributed by atoms with E-state index in [-0.39, 0.29) is 29.2 Å². The summed E-state index contributed by atoms with van der Waals surface area (Å²) in [6.45, 7) is 1.81. The number of aromatic nitrogens is 1. The molecule has 4 heterocycles. The fraction of sp³-hybridized carbons (Fsp3) is 0.333. The van der Waals surface area contributed by atoms with Crippen LogP contribution in [-0.4, -0.2) is 72.9 Å². The number of ether oxygens (including phenoxy) is 3. The molecule has 3 atom stereocenters. The number of carbonyl (C=O) groups excluding carboxylic acids is 3. The molecule has 6 rings (SSSR count). The van der Waals surface area contributed by atoms with Crippen molar-refractivity contribution in [2.75, 3.05) is 44.9 Å². The van der Waals surface area contributed by atoms with Gasteiger partial charge >= 0.3 is 4.87 Å². The zero-order valence-electron chi connectivity index (χ0n) is 21.0. The van der Waals surface area contributed by atoms with Gasteiger partial charge in [-0.1, -0.05) is 41.3 Å². The summed E-state index contributed by atoms with van der Waals surface area (Å²) in [5.41, 5.74) is 1.11. The number of H-pyrrole nitrogens is 1. The molecule has 3 aliphatic heterocycles. The van der Waals surface area contributed by atoms with E-state index in [2.05, 4.69) is 4.98 Å². The van der Waals surface area contributed by atoms with Gasteiger partial charge in [-0.05, 0) is 30.3 Å². The number of aromatic amines is 1. The quantitative estimate of drug-likeness (QED) is 0.452. The number of nitrogens with one attached hydrogen (secondary N) is 1. The second kappa shape index (κ2) is 10.5. The highest BCUT2D eigenvalue weighted by atomic mass is 32.2. The van der Waals surface area contributed by atoms with E-state index in [4.69, 9.17) is 14.2 Å². The molecule has 3 unspecified atom stereocenters. The Kier molecular flexibility index (Phi) is 6.92. The minimum atomic E-state index is -0.761. The molecule has 10 nitrogen and oxygen atoms in total. The Hall–Kier alpha value is -3.61. The first kappa shape index (κ1) is 25.7. The number of amides is 3. The third kappa shape index (κ3) is 4.62. The lowest BCUT2D eigenvalue weighted by Crippen LogP contribution is -2.43. The molecule has 202 valence electrons. The summed E-state index contributed by atoms with van der Waals surface area (Å²) in [7, 11) is 1.55. The lowest BCUT2D eigenvalue weighted by Gasteiger charge is -2.31. The molecule has 2 fully saturated rings. The van der Waals surface area contributed by atoms with E-state index in [9.17, 15) is 19.2 Å². The van der Waals surface area contributed by atoms with Crippen LogP contribution in [0.3, 0.4) is 0 Å². The van der Waals surface area contributed by atoms with Gasteiger partial charge in [0, 0.05) is 29.4 Å². The Labute approximate surface area is 231 Å². The van der Waals surface area contributed by atoms with E-state index < -0.39 is 17.1 Å². The van der Waals surface area contributed by atoms with E-state index in [1.165, 1.54) is 16.7 Å². The molecule has 3 amide bonds. The molecule has 2 saturated heterocycles. The van der Waals surface area contributed by atoms with Gasteiger partial charge in [0.2, 0.25) is 11.8 Å². The average molecular weight is 568 g/mol. The fourth-order valence-electron chi connectivity index (χ4n) is 5.25. The van der Waals surface area contributed by atoms with Crippen LogP contribution in [0.1, 0.15) is 16.4 Å². The highest BCUT2D eigenvalue weighted by Crippen LogP contribution is 2.54. The first-order valence-electron chi connectivity index (χ1n) is 12.4. The van der Waals surface area contributed by atoms with Crippen molar-refractivity contribution in [3.63, 3.8) is 0 Å². The molecule has 0 spiro atoms. The third-order valence-electron chi connectivity index (χ3n) is 7.12. The van der Waals surface area contributed by atoms with E-state index >= 15 is 0 Å². The molecule has 1 aromatic heterocycles. The molecule has 0 bridgehead atoms. The van der Waals surface area contributed by atoms with Crippen LogP contribution < -0.4 is 19.2 Å². The number of methoxy groups -OCH3 is 1. The third-order valence-corrected chi connectivity index (χ3v) is 9.52. The number of carbonyl (C=O) groups is 3. The summed E-state index contributed by atoms with van der Waals surface area (Å²) >= 11 is 2.24. The maximum absolute atomic E-state index is 14.0. The van der Waals surface area contributed by atoms with E-state index in [1.807, 2.05) is 12.1 Å². The second-order valence-electron chi connectivity index (χ2n) is 9.28. The molecule has 3 aromatic rings. The number of imide groups is 1. The fourth-order valence-corrected chi connectivity index (χ4v) is 7.76. The molecule has 39 heavy (non-hydrogen) atoms. The minimum Gasteiger partial charge on any atom is -0.497 e. The van der Waals surface area contributed by atoms with Crippen LogP contribution in [-0.2, 0) is 19.1 Å². The molecule has 0 aliphatic carbocycles. The zero-order chi connectivity index (χ0) is 27.1. The largest absolute Gasteiger partial charge is 0.497 e. The lowest BCUT2D eigenvalue weighted by atomic mass is 9.82. The smallest absolute Gasteiger partial charge is 0.305 e. The molecule has 1 N–H and O–H groups in total. The number of fused-ring (bicyclic) bond motifs is 2. The van der Waals surface area contributed by atoms with Gasteiger partial charge in [0.15, 0.2) is 6.61 Å². The first-order valence-corrected chi connectivity index (χ1v) is 14.1. The Morgan fingerprint density at radius 2 is 1.79 bits per heavy atom. The zero-order valence-corrected chi connectivity index (χ0v) is 22.6. The number of morpholine rings is 1. The van der Waals surface area contributed by atoms with Gasteiger partial charge in [-0.3, -0.25) is 19.2 Å². The Morgan fingerprint density at radius 1 is 1.05 bits per heavy atom. The number of nitrogens with zero attached hydrogens (tertiary/aromatic N) is 2. The molecule has 12 heteroatoms. The SMILES string of the molecule is COc1ccc(N2C(=O)C3Sc4[nH]c(=O)sc4C(c4ccccc4OCC(=O)N4CCOCC4)C3C2=O)cc1. The molecule has 3 aliphatic rings. The number of rotatable bonds is 6. The van der Waals surface area contributed by atoms with Crippen LogP contribution in [0.4, 0.5) is 5.69 Å². The van der Waals surface area contributed by atoms with Crippen molar-refractivity contribution in [3.05, 3.63) is 68.6 Å². The summed E-state index contributed by atoms with van der Waals surface area (Å²) in [6, 6.07) is 13.9. The van der Waals surface area contributed by atoms with Crippen LogP contribution in [0.5, 0.6) is 11.5 Å². The molecular weight excluding hydrogens is 542 g/mol. The maximum atomic E-state index is 14.0. The summed E-state index contributed by atoms with van der Waals surface area (Å²) in [5, 5.41) is -0.154. The van der Waals surface area contributed by atoms with Crippen molar-refractivity contribution >= 4 is 46.5 Å². The number of hydrogen-bond donors (Lipinski definition) is 1. The summed E-state index contributed by atoms with van der Waals surface area (Å²) in [6.07, 6.45) is 0. The number of benzene rings is 2. The number of anilines is 1. The second-order valence-corrected chi connectivity index (χ2v) is 11.4. The van der Waals surface area contributed by atoms with Crippen LogP contribution in [0.15, 0.2) is 58.4 Å². The number of thioether (sulfide) groups is 1. The standard InChI is InChI=1S/C27H25N3O7S2/c1-35-16-8-6-15(7-9-16)30-25(32)21-20(22-24(28-27(34)39-22)38-23(21)26(30)33)17-4-2-3-5-18(17)37-14-19(31)29-10-12-36-13-11-29/h2-9,20-21,23H,10-14H2,1H3,(H,28,34). The maximum Gasteiger partial charge on any atom is 0.305 e. The van der Waals surface area contributed by atoms with Crippen molar-refractivity contribution in [1.29, 1.82) is 0 Å². The van der Waals surface area contributed by atoms with Gasteiger partial charge in [0.1, 0.15) is 16.7 Å². The molecule has 0 radical (unpaired) electrons. The lowest BCUT2D eigenvalue weighted by molar-refractivity contribution is -0.137. The molecular formula is C27H25N3O7S2. The van der Waals surface area contributed by atoms with Gasteiger partial charge in [-0.2, -0.15) is 0 Å². The van der Waals surface area contributed by atoms with Gasteiger partial charge in [0.05, 0.1) is 37.0 Å². The predicted molar refractivity (Wildman–Crippen MR) is 145 cm³/mol. The normalized spacial score (nSPS) is 22.4. The Bertz CT molecular complexity index is 1480. The topological polar surface area (TPSA) is 118 Å². The number of thiazole rings is 1. The van der Waals surface area contributed by atoms with E-state index in [1.54, 1.807) is 48.4 Å². The predicted octanol–water partition coefficient (Wildman–Crippen LogP) is 2.48. The number of para-hydroxylation sites is 1. The van der Waals surface area contributed by atoms with Crippen molar-refractivity contribution in [2.45, 2.75) is 16.2 Å². The summed E-state index contributed by atoms with van der Waals surface area (Å²) in [5.74, 6) is -1.17. The van der Waals surface area contributed by atoms with Gasteiger partial charge in [0.25, 0.3) is 5.91 Å². The monoisotopic (exact) mass is 567 g/mol. The molecule has 2 aromatic carbocycles. The van der Waals surface area contributed by atoms with Crippen LogP contribution in [0, 0.1) is 5.92 Å². The van der Waals surface area contributed by atoms with Crippen molar-refractivity contribution in [3.8, 4) is 11.5 Å². The Morgan fingerprint density at radius 3 is 2.54 bits per heavy atom. The van der Waals surface area contributed by atoms with Crippen molar-refractivity contribution in [1.82, 2.24) is 9.88 Å². The minimum absolute atomic E-state index is 0.157.